The van der Waals surface area contributed by atoms with Crippen molar-refractivity contribution in [3.8, 4) is 0 Å². The Morgan fingerprint density at radius 2 is 2.22 bits per heavy atom. The van der Waals surface area contributed by atoms with Crippen molar-refractivity contribution in [3.05, 3.63) is 21.6 Å². The summed E-state index contributed by atoms with van der Waals surface area (Å²) in [5.41, 5.74) is 0.604. The number of hydrogen-bond donors (Lipinski definition) is 2. The molecule has 0 spiro atoms. The van der Waals surface area contributed by atoms with Gasteiger partial charge in [-0.25, -0.2) is 4.68 Å². The van der Waals surface area contributed by atoms with Crippen LogP contribution < -0.4 is 16.2 Å². The molecular weight excluding hydrogens is 252 g/mol. The summed E-state index contributed by atoms with van der Waals surface area (Å²) in [4.78, 5) is 11.6. The molecule has 0 bridgehead atoms. The van der Waals surface area contributed by atoms with Gasteiger partial charge in [0.25, 0.3) is 5.56 Å². The molecule has 0 atom stereocenters. The van der Waals surface area contributed by atoms with E-state index in [2.05, 4.69) is 22.7 Å². The average molecular weight is 271 g/mol. The van der Waals surface area contributed by atoms with Gasteiger partial charge in [-0.3, -0.25) is 4.79 Å². The first kappa shape index (κ1) is 13.4. The van der Waals surface area contributed by atoms with Gasteiger partial charge < -0.3 is 10.6 Å². The molecule has 0 unspecified atom stereocenters. The maximum atomic E-state index is 11.6. The summed E-state index contributed by atoms with van der Waals surface area (Å²) >= 11 is 6.01. The van der Waals surface area contributed by atoms with E-state index in [0.717, 1.165) is 32.5 Å². The van der Waals surface area contributed by atoms with E-state index in [1.165, 1.54) is 4.68 Å². The van der Waals surface area contributed by atoms with Crippen LogP contribution in [0.2, 0.25) is 5.02 Å². The zero-order valence-corrected chi connectivity index (χ0v) is 11.5. The Bertz CT molecular complexity index is 479. The van der Waals surface area contributed by atoms with Crippen molar-refractivity contribution < 1.29 is 0 Å². The predicted octanol–water partition coefficient (Wildman–Crippen LogP) is 1.24. The van der Waals surface area contributed by atoms with Gasteiger partial charge in [-0.15, -0.1) is 0 Å². The lowest BCUT2D eigenvalue weighted by Crippen LogP contribution is -2.39. The van der Waals surface area contributed by atoms with Crippen LogP contribution in [0.5, 0.6) is 0 Å². The zero-order chi connectivity index (χ0) is 13.2. The van der Waals surface area contributed by atoms with E-state index in [-0.39, 0.29) is 16.0 Å². The first-order valence-electron chi connectivity index (χ1n) is 6.18. The van der Waals surface area contributed by atoms with Crippen LogP contribution in [0.4, 0.5) is 5.69 Å². The van der Waals surface area contributed by atoms with Crippen LogP contribution in [0.25, 0.3) is 0 Å². The molecule has 0 aliphatic carbocycles. The molecule has 1 aliphatic heterocycles. The highest BCUT2D eigenvalue weighted by Gasteiger charge is 2.26. The maximum Gasteiger partial charge on any atom is 0.287 e. The van der Waals surface area contributed by atoms with E-state index >= 15 is 0 Å². The number of aromatic nitrogens is 2. The smallest absolute Gasteiger partial charge is 0.287 e. The van der Waals surface area contributed by atoms with E-state index in [1.807, 2.05) is 0 Å². The number of hydrogen-bond acceptors (Lipinski definition) is 4. The van der Waals surface area contributed by atoms with Crippen molar-refractivity contribution in [2.24, 2.45) is 12.5 Å². The van der Waals surface area contributed by atoms with Crippen LogP contribution >= 0.6 is 11.6 Å². The molecule has 0 radical (unpaired) electrons. The van der Waals surface area contributed by atoms with Gasteiger partial charge in [-0.2, -0.15) is 5.10 Å². The Morgan fingerprint density at radius 1 is 1.56 bits per heavy atom. The van der Waals surface area contributed by atoms with Gasteiger partial charge in [-0.1, -0.05) is 18.5 Å². The molecule has 2 heterocycles. The monoisotopic (exact) mass is 270 g/mol. The van der Waals surface area contributed by atoms with Crippen molar-refractivity contribution >= 4 is 17.3 Å². The average Bonchev–Trinajstić information content (AvgIpc) is 2.36. The van der Waals surface area contributed by atoms with E-state index in [9.17, 15) is 4.79 Å². The third-order valence-corrected chi connectivity index (χ3v) is 3.96. The molecule has 2 N–H and O–H groups in total. The minimum atomic E-state index is -0.267. The van der Waals surface area contributed by atoms with Gasteiger partial charge in [-0.05, 0) is 31.3 Å². The second kappa shape index (κ2) is 5.28. The molecule has 1 aromatic heterocycles. The van der Waals surface area contributed by atoms with Gasteiger partial charge >= 0.3 is 0 Å². The summed E-state index contributed by atoms with van der Waals surface area (Å²) in [6, 6.07) is 0. The summed E-state index contributed by atoms with van der Waals surface area (Å²) in [6.45, 7) is 5.15. The van der Waals surface area contributed by atoms with Gasteiger partial charge in [0.05, 0.1) is 11.9 Å². The highest BCUT2D eigenvalue weighted by Crippen LogP contribution is 2.28. The summed E-state index contributed by atoms with van der Waals surface area (Å²) < 4.78 is 1.24. The maximum absolute atomic E-state index is 11.6. The molecule has 1 aromatic rings. The molecule has 5 nitrogen and oxygen atoms in total. The lowest BCUT2D eigenvalue weighted by atomic mass is 9.81. The number of nitrogens with zero attached hydrogens (tertiary/aromatic N) is 2. The molecule has 0 aromatic carbocycles. The van der Waals surface area contributed by atoms with Crippen LogP contribution in [0, 0.1) is 5.41 Å². The van der Waals surface area contributed by atoms with E-state index < -0.39 is 0 Å². The molecule has 2 rings (SSSR count). The molecule has 0 amide bonds. The SMILES string of the molecule is Cn1ncc(NCC2(C)CCNCC2)c(Cl)c1=O. The number of rotatable bonds is 3. The molecule has 6 heteroatoms. The predicted molar refractivity (Wildman–Crippen MR) is 73.2 cm³/mol. The third kappa shape index (κ3) is 2.84. The lowest BCUT2D eigenvalue weighted by molar-refractivity contribution is 0.247. The van der Waals surface area contributed by atoms with Crippen molar-refractivity contribution in [2.75, 3.05) is 25.0 Å². The lowest BCUT2D eigenvalue weighted by Gasteiger charge is -2.34. The van der Waals surface area contributed by atoms with Crippen LogP contribution in [0.1, 0.15) is 19.8 Å². The Morgan fingerprint density at radius 3 is 2.89 bits per heavy atom. The van der Waals surface area contributed by atoms with Crippen LogP contribution in [0.3, 0.4) is 0 Å². The van der Waals surface area contributed by atoms with Crippen LogP contribution in [0.15, 0.2) is 11.0 Å². The van der Waals surface area contributed by atoms with Crippen LogP contribution in [-0.4, -0.2) is 29.4 Å². The van der Waals surface area contributed by atoms with E-state index in [4.69, 9.17) is 11.6 Å². The largest absolute Gasteiger partial charge is 0.382 e. The van der Waals surface area contributed by atoms with Gasteiger partial charge in [0.2, 0.25) is 0 Å². The van der Waals surface area contributed by atoms with Crippen molar-refractivity contribution in [1.82, 2.24) is 15.1 Å². The molecule has 0 saturated carbocycles. The van der Waals surface area contributed by atoms with Gasteiger partial charge in [0.1, 0.15) is 5.02 Å². The summed E-state index contributed by atoms with van der Waals surface area (Å²) in [5.74, 6) is 0. The second-order valence-corrected chi connectivity index (χ2v) is 5.59. The van der Waals surface area contributed by atoms with Gasteiger partial charge in [0, 0.05) is 13.6 Å². The highest BCUT2D eigenvalue weighted by molar-refractivity contribution is 6.32. The van der Waals surface area contributed by atoms with Gasteiger partial charge in [0.15, 0.2) is 0 Å². The van der Waals surface area contributed by atoms with Crippen LogP contribution in [-0.2, 0) is 7.05 Å². The fourth-order valence-electron chi connectivity index (χ4n) is 2.15. The number of anilines is 1. The molecule has 1 saturated heterocycles. The minimum Gasteiger partial charge on any atom is -0.382 e. The number of piperidine rings is 1. The molecule has 1 aliphatic rings. The summed E-state index contributed by atoms with van der Waals surface area (Å²) in [5, 5.41) is 10.8. The first-order chi connectivity index (χ1) is 8.52. The topological polar surface area (TPSA) is 59.0 Å². The second-order valence-electron chi connectivity index (χ2n) is 5.22. The minimum absolute atomic E-state index is 0.213. The molecular formula is C12H19ClN4O. The normalized spacial score (nSPS) is 18.6. The summed E-state index contributed by atoms with van der Waals surface area (Å²) in [6.07, 6.45) is 3.85. The Kier molecular flexibility index (Phi) is 3.92. The third-order valence-electron chi connectivity index (χ3n) is 3.59. The van der Waals surface area contributed by atoms with Crippen molar-refractivity contribution in [1.29, 1.82) is 0 Å². The zero-order valence-electron chi connectivity index (χ0n) is 10.8. The first-order valence-corrected chi connectivity index (χ1v) is 6.56. The van der Waals surface area contributed by atoms with E-state index in [0.29, 0.717) is 5.69 Å². The van der Waals surface area contributed by atoms with E-state index in [1.54, 1.807) is 13.2 Å². The fourth-order valence-corrected chi connectivity index (χ4v) is 2.39. The summed E-state index contributed by atoms with van der Waals surface area (Å²) in [7, 11) is 1.59. The molecule has 18 heavy (non-hydrogen) atoms. The van der Waals surface area contributed by atoms with Crippen molar-refractivity contribution in [2.45, 2.75) is 19.8 Å². The Hall–Kier alpha value is -1.07. The Labute approximate surface area is 112 Å². The molecule has 1 fully saturated rings. The highest BCUT2D eigenvalue weighted by atomic mass is 35.5. The number of halogens is 1. The number of aryl methyl sites for hydroxylation is 1. The quantitative estimate of drug-likeness (QED) is 0.868. The fraction of sp³-hybridized carbons (Fsp3) is 0.667. The number of nitrogens with one attached hydrogen (secondary N) is 2. The van der Waals surface area contributed by atoms with Crippen molar-refractivity contribution in [3.63, 3.8) is 0 Å². The standard InChI is InChI=1S/C12H19ClN4O/c1-12(3-5-14-6-4-12)8-15-9-7-16-17(2)11(18)10(9)13/h7,14-15H,3-6,8H2,1-2H3. The molecule has 100 valence electrons. The Balaban J connectivity index is 2.06.